The van der Waals surface area contributed by atoms with E-state index in [4.69, 9.17) is 20.8 Å². The number of anilines is 1. The van der Waals surface area contributed by atoms with Crippen LogP contribution in [-0.2, 0) is 17.8 Å². The van der Waals surface area contributed by atoms with E-state index in [2.05, 4.69) is 15.4 Å². The molecule has 4 aromatic heterocycles. The topological polar surface area (TPSA) is 174 Å². The molecule has 0 aliphatic rings. The molecule has 0 fully saturated rings. The van der Waals surface area contributed by atoms with Crippen molar-refractivity contribution in [3.8, 4) is 39.9 Å². The molecule has 0 radical (unpaired) electrons. The summed E-state index contributed by atoms with van der Waals surface area (Å²) >= 11 is 0. The lowest BCUT2D eigenvalue weighted by Gasteiger charge is -2.12. The zero-order valence-electron chi connectivity index (χ0n) is 25.4. The van der Waals surface area contributed by atoms with E-state index >= 15 is 0 Å². The molecule has 7 aromatic rings. The molecule has 0 atom stereocenters. The Bertz CT molecular complexity index is 2280. The summed E-state index contributed by atoms with van der Waals surface area (Å²) < 4.78 is 3.18. The summed E-state index contributed by atoms with van der Waals surface area (Å²) in [6, 6.07) is 33.0. The number of nitrogen functional groups attached to an aromatic ring is 1. The van der Waals surface area contributed by atoms with Crippen molar-refractivity contribution in [1.29, 1.82) is 0 Å². The van der Waals surface area contributed by atoms with E-state index < -0.39 is 5.97 Å². The largest absolute Gasteiger partial charge is 0.493 e. The van der Waals surface area contributed by atoms with Crippen LogP contribution >= 0.6 is 0 Å². The van der Waals surface area contributed by atoms with Crippen LogP contribution in [0.25, 0.3) is 45.2 Å². The standard InChI is InChI=1S/C36H28N8O4/c37-33-28(7-4-18-38-33)34-41-30-17-16-29(23-5-2-1-3-6-23)40-35(30)43(34)26-12-8-22(9-13-26)21-39-36(48)24-10-14-27(15-11-24)44-31(45)19-25(42-44)20-32(46)47/h1-19,45H,20-21H2,(H2,37,38)(H,39,48)(H,46,47). The number of hydrogen-bond acceptors (Lipinski definition) is 8. The van der Waals surface area contributed by atoms with Gasteiger partial charge in [0.15, 0.2) is 11.5 Å². The number of aliphatic carboxylic acids is 1. The second kappa shape index (κ2) is 12.5. The van der Waals surface area contributed by atoms with Gasteiger partial charge in [0.2, 0.25) is 5.88 Å². The van der Waals surface area contributed by atoms with Crippen LogP contribution in [-0.4, -0.2) is 51.4 Å². The average Bonchev–Trinajstić information content (AvgIpc) is 3.67. The van der Waals surface area contributed by atoms with Crippen LogP contribution in [0.3, 0.4) is 0 Å². The minimum absolute atomic E-state index is 0.195. The number of carbonyl (C=O) groups excluding carboxylic acids is 1. The maximum atomic E-state index is 13.0. The molecule has 236 valence electrons. The Labute approximate surface area is 273 Å². The third-order valence-corrected chi connectivity index (χ3v) is 7.75. The van der Waals surface area contributed by atoms with E-state index in [0.717, 1.165) is 22.5 Å². The van der Waals surface area contributed by atoms with Crippen molar-refractivity contribution in [3.63, 3.8) is 0 Å². The Morgan fingerprint density at radius 1 is 0.833 bits per heavy atom. The first-order chi connectivity index (χ1) is 23.3. The zero-order valence-corrected chi connectivity index (χ0v) is 25.4. The first-order valence-electron chi connectivity index (χ1n) is 15.0. The molecule has 0 bridgehead atoms. The number of fused-ring (bicyclic) bond motifs is 1. The van der Waals surface area contributed by atoms with Crippen molar-refractivity contribution >= 4 is 28.9 Å². The molecule has 0 aliphatic carbocycles. The van der Waals surface area contributed by atoms with Crippen molar-refractivity contribution in [3.05, 3.63) is 132 Å². The number of amides is 1. The smallest absolute Gasteiger partial charge is 0.309 e. The number of rotatable bonds is 9. The van der Waals surface area contributed by atoms with Crippen LogP contribution in [0.1, 0.15) is 21.6 Å². The molecule has 12 nitrogen and oxygen atoms in total. The number of pyridine rings is 2. The summed E-state index contributed by atoms with van der Waals surface area (Å²) in [7, 11) is 0. The van der Waals surface area contributed by atoms with E-state index in [0.29, 0.717) is 39.6 Å². The maximum Gasteiger partial charge on any atom is 0.309 e. The van der Waals surface area contributed by atoms with Crippen molar-refractivity contribution in [2.75, 3.05) is 5.73 Å². The molecule has 48 heavy (non-hydrogen) atoms. The number of carboxylic acid groups (broad SMARTS) is 1. The van der Waals surface area contributed by atoms with E-state index in [1.54, 1.807) is 30.5 Å². The van der Waals surface area contributed by atoms with Gasteiger partial charge in [0.25, 0.3) is 5.91 Å². The Morgan fingerprint density at radius 3 is 2.31 bits per heavy atom. The van der Waals surface area contributed by atoms with Gasteiger partial charge in [-0.25, -0.2) is 19.6 Å². The van der Waals surface area contributed by atoms with Gasteiger partial charge in [0.05, 0.1) is 29.1 Å². The predicted molar refractivity (Wildman–Crippen MR) is 180 cm³/mol. The second-order valence-electron chi connectivity index (χ2n) is 11.0. The van der Waals surface area contributed by atoms with E-state index in [9.17, 15) is 14.7 Å². The number of imidazole rings is 1. The lowest BCUT2D eigenvalue weighted by atomic mass is 10.1. The molecule has 3 aromatic carbocycles. The Kier molecular flexibility index (Phi) is 7.79. The van der Waals surface area contributed by atoms with Gasteiger partial charge in [0, 0.05) is 35.6 Å². The summed E-state index contributed by atoms with van der Waals surface area (Å²) in [5.41, 5.74) is 12.9. The monoisotopic (exact) mass is 636 g/mol. The van der Waals surface area contributed by atoms with E-state index in [1.165, 1.54) is 10.7 Å². The Balaban J connectivity index is 1.12. The highest BCUT2D eigenvalue weighted by Gasteiger charge is 2.19. The van der Waals surface area contributed by atoms with Crippen molar-refractivity contribution in [2.45, 2.75) is 13.0 Å². The van der Waals surface area contributed by atoms with Crippen LogP contribution in [0.15, 0.2) is 115 Å². The molecule has 4 heterocycles. The first kappa shape index (κ1) is 29.9. The van der Waals surface area contributed by atoms with Gasteiger partial charge in [-0.15, -0.1) is 0 Å². The summed E-state index contributed by atoms with van der Waals surface area (Å²) in [5, 5.41) is 26.2. The molecule has 12 heteroatoms. The quantitative estimate of drug-likeness (QED) is 0.166. The first-order valence-corrected chi connectivity index (χ1v) is 15.0. The molecule has 7 rings (SSSR count). The molecular weight excluding hydrogens is 608 g/mol. The zero-order chi connectivity index (χ0) is 33.2. The van der Waals surface area contributed by atoms with Gasteiger partial charge in [-0.2, -0.15) is 5.10 Å². The van der Waals surface area contributed by atoms with Crippen molar-refractivity contribution in [2.24, 2.45) is 0 Å². The molecule has 0 saturated carbocycles. The molecular formula is C36H28N8O4. The normalized spacial score (nSPS) is 11.1. The van der Waals surface area contributed by atoms with Crippen LogP contribution in [0, 0.1) is 0 Å². The highest BCUT2D eigenvalue weighted by atomic mass is 16.4. The maximum absolute atomic E-state index is 13.0. The fourth-order valence-electron chi connectivity index (χ4n) is 5.41. The average molecular weight is 637 g/mol. The summed E-state index contributed by atoms with van der Waals surface area (Å²) in [6.45, 7) is 0.281. The number of benzene rings is 3. The predicted octanol–water partition coefficient (Wildman–Crippen LogP) is 5.18. The number of carbonyl (C=O) groups is 2. The second-order valence-corrected chi connectivity index (χ2v) is 11.0. The summed E-state index contributed by atoms with van der Waals surface area (Å²) in [4.78, 5) is 38.1. The number of aromatic hydroxyl groups is 1. The Morgan fingerprint density at radius 2 is 1.58 bits per heavy atom. The lowest BCUT2D eigenvalue weighted by molar-refractivity contribution is -0.136. The molecule has 5 N–H and O–H groups in total. The van der Waals surface area contributed by atoms with Crippen LogP contribution in [0.2, 0.25) is 0 Å². The van der Waals surface area contributed by atoms with Crippen LogP contribution in [0.5, 0.6) is 5.88 Å². The third kappa shape index (κ3) is 5.93. The fraction of sp³-hybridized carbons (Fsp3) is 0.0556. The van der Waals surface area contributed by atoms with Gasteiger partial charge in [-0.3, -0.25) is 14.2 Å². The lowest BCUT2D eigenvalue weighted by Crippen LogP contribution is -2.22. The third-order valence-electron chi connectivity index (χ3n) is 7.75. The van der Waals surface area contributed by atoms with Gasteiger partial charge in [0.1, 0.15) is 11.3 Å². The van der Waals surface area contributed by atoms with E-state index in [-0.39, 0.29) is 30.4 Å². The summed E-state index contributed by atoms with van der Waals surface area (Å²) in [5.74, 6) is -0.562. The fourth-order valence-corrected chi connectivity index (χ4v) is 5.41. The highest BCUT2D eigenvalue weighted by molar-refractivity contribution is 5.94. The number of nitrogens with zero attached hydrogens (tertiary/aromatic N) is 6. The number of hydrogen-bond donors (Lipinski definition) is 4. The van der Waals surface area contributed by atoms with Crippen molar-refractivity contribution < 1.29 is 19.8 Å². The SMILES string of the molecule is Nc1ncccc1-c1nc2ccc(-c3ccccc3)nc2n1-c1ccc(CNC(=O)c2ccc(-n3nc(CC(=O)O)cc3O)cc2)cc1. The highest BCUT2D eigenvalue weighted by Crippen LogP contribution is 2.32. The van der Waals surface area contributed by atoms with Crippen molar-refractivity contribution in [1.82, 2.24) is 34.6 Å². The van der Waals surface area contributed by atoms with Gasteiger partial charge < -0.3 is 21.3 Å². The number of aromatic nitrogens is 6. The molecule has 0 unspecified atom stereocenters. The molecule has 1 amide bonds. The Hall–Kier alpha value is -6.82. The van der Waals surface area contributed by atoms with Gasteiger partial charge in [-0.1, -0.05) is 42.5 Å². The van der Waals surface area contributed by atoms with Crippen LogP contribution in [0.4, 0.5) is 5.82 Å². The molecule has 0 spiro atoms. The molecule has 0 saturated heterocycles. The summed E-state index contributed by atoms with van der Waals surface area (Å²) in [6.07, 6.45) is 1.33. The minimum Gasteiger partial charge on any atom is -0.493 e. The number of nitrogens with two attached hydrogens (primary N) is 1. The number of carboxylic acids is 1. The van der Waals surface area contributed by atoms with E-state index in [1.807, 2.05) is 83.4 Å². The molecule has 0 aliphatic heterocycles. The number of nitrogens with one attached hydrogen (secondary N) is 1. The van der Waals surface area contributed by atoms with Gasteiger partial charge in [-0.05, 0) is 66.2 Å². The van der Waals surface area contributed by atoms with Gasteiger partial charge >= 0.3 is 5.97 Å². The van der Waals surface area contributed by atoms with Crippen LogP contribution < -0.4 is 11.1 Å². The minimum atomic E-state index is -1.05.